The molecule has 146 valence electrons. The molecule has 0 bridgehead atoms. The van der Waals surface area contributed by atoms with Gasteiger partial charge in [0.2, 0.25) is 0 Å². The summed E-state index contributed by atoms with van der Waals surface area (Å²) in [4.78, 5) is 40.2. The molecule has 0 aromatic carbocycles. The lowest BCUT2D eigenvalue weighted by Crippen LogP contribution is -2.36. The number of amides is 1. The predicted octanol–water partition coefficient (Wildman–Crippen LogP) is 3.62. The molecule has 6 nitrogen and oxygen atoms in total. The summed E-state index contributed by atoms with van der Waals surface area (Å²) in [6, 6.07) is 3.58. The molecule has 2 aromatic heterocycles. The van der Waals surface area contributed by atoms with Crippen LogP contribution in [0.2, 0.25) is 0 Å². The fourth-order valence-corrected chi connectivity index (χ4v) is 3.90. The molecule has 27 heavy (non-hydrogen) atoms. The Morgan fingerprint density at radius 1 is 1.22 bits per heavy atom. The first-order valence-electron chi connectivity index (χ1n) is 9.02. The van der Waals surface area contributed by atoms with E-state index in [1.807, 2.05) is 18.4 Å². The van der Waals surface area contributed by atoms with E-state index in [0.717, 1.165) is 6.42 Å². The van der Waals surface area contributed by atoms with Gasteiger partial charge in [-0.1, -0.05) is 13.0 Å². The lowest BCUT2D eigenvalue weighted by Gasteiger charge is -2.21. The molecule has 2 heterocycles. The summed E-state index contributed by atoms with van der Waals surface area (Å²) < 4.78 is 6.80. The summed E-state index contributed by atoms with van der Waals surface area (Å²) >= 11 is 1.36. The molecule has 0 unspecified atom stereocenters. The van der Waals surface area contributed by atoms with Crippen LogP contribution in [0, 0.1) is 13.8 Å². The Kier molecular flexibility index (Phi) is 6.96. The maximum atomic E-state index is 13.0. The molecule has 0 saturated heterocycles. The quantitative estimate of drug-likeness (QED) is 0.510. The number of hydrogen-bond acceptors (Lipinski definition) is 5. The minimum atomic E-state index is -0.445. The zero-order chi connectivity index (χ0) is 20.1. The second-order valence-electron chi connectivity index (χ2n) is 6.34. The number of ether oxygens (including phenoxy) is 1. The van der Waals surface area contributed by atoms with Crippen LogP contribution < -0.4 is 0 Å². The molecule has 0 atom stereocenters. The van der Waals surface area contributed by atoms with Crippen molar-refractivity contribution in [2.24, 2.45) is 7.05 Å². The van der Waals surface area contributed by atoms with Crippen LogP contribution in [0.25, 0.3) is 0 Å². The van der Waals surface area contributed by atoms with Crippen molar-refractivity contribution in [3.63, 3.8) is 0 Å². The molecule has 0 aliphatic heterocycles. The van der Waals surface area contributed by atoms with E-state index in [9.17, 15) is 14.4 Å². The van der Waals surface area contributed by atoms with Crippen molar-refractivity contribution in [3.05, 3.63) is 44.9 Å². The summed E-state index contributed by atoms with van der Waals surface area (Å²) in [6.07, 6.45) is 0.755. The van der Waals surface area contributed by atoms with Crippen molar-refractivity contribution in [1.29, 1.82) is 0 Å². The Labute approximate surface area is 163 Å². The molecule has 0 fully saturated rings. The van der Waals surface area contributed by atoms with E-state index in [4.69, 9.17) is 4.74 Å². The van der Waals surface area contributed by atoms with Crippen molar-refractivity contribution in [1.82, 2.24) is 9.47 Å². The third-order valence-corrected chi connectivity index (χ3v) is 5.38. The number of nitrogens with zero attached hydrogens (tertiary/aromatic N) is 2. The maximum Gasteiger partial charge on any atom is 0.355 e. The highest BCUT2D eigenvalue weighted by molar-refractivity contribution is 7.12. The molecule has 0 N–H and O–H groups in total. The lowest BCUT2D eigenvalue weighted by molar-refractivity contribution is 0.0514. The number of rotatable bonds is 8. The van der Waals surface area contributed by atoms with E-state index in [1.165, 1.54) is 11.3 Å². The van der Waals surface area contributed by atoms with Gasteiger partial charge in [0.25, 0.3) is 5.91 Å². The van der Waals surface area contributed by atoms with Crippen molar-refractivity contribution in [3.8, 4) is 0 Å². The number of aromatic nitrogens is 1. The zero-order valence-electron chi connectivity index (χ0n) is 16.5. The largest absolute Gasteiger partial charge is 0.461 e. The van der Waals surface area contributed by atoms with Crippen LogP contribution in [-0.4, -0.2) is 46.8 Å². The van der Waals surface area contributed by atoms with Crippen molar-refractivity contribution in [2.45, 2.75) is 34.1 Å². The minimum Gasteiger partial charge on any atom is -0.461 e. The highest BCUT2D eigenvalue weighted by Gasteiger charge is 2.27. The summed E-state index contributed by atoms with van der Waals surface area (Å²) in [5.41, 5.74) is 2.16. The standard InChI is InChI=1S/C20H26N2O4S/c1-6-10-22(19(24)16-9-8-11-27-16)12-15(23)17-13(3)18(20(25)26-7-2)21(5)14(17)4/h8-9,11H,6-7,10,12H2,1-5H3. The molecule has 7 heteroatoms. The molecule has 0 aliphatic rings. The average Bonchev–Trinajstić information content (AvgIpc) is 3.22. The first kappa shape index (κ1) is 20.9. The Morgan fingerprint density at radius 3 is 2.48 bits per heavy atom. The Bertz CT molecular complexity index is 837. The van der Waals surface area contributed by atoms with Crippen LogP contribution in [0.5, 0.6) is 0 Å². The highest BCUT2D eigenvalue weighted by Crippen LogP contribution is 2.23. The topological polar surface area (TPSA) is 68.6 Å². The van der Waals surface area contributed by atoms with Crippen LogP contribution in [0.15, 0.2) is 17.5 Å². The van der Waals surface area contributed by atoms with Crippen LogP contribution in [0.3, 0.4) is 0 Å². The number of hydrogen-bond donors (Lipinski definition) is 0. The van der Waals surface area contributed by atoms with Gasteiger partial charge in [-0.2, -0.15) is 0 Å². The van der Waals surface area contributed by atoms with Gasteiger partial charge in [-0.3, -0.25) is 9.59 Å². The van der Waals surface area contributed by atoms with Crippen LogP contribution in [-0.2, 0) is 11.8 Å². The monoisotopic (exact) mass is 390 g/mol. The summed E-state index contributed by atoms with van der Waals surface area (Å²) in [7, 11) is 1.74. The Morgan fingerprint density at radius 2 is 1.93 bits per heavy atom. The van der Waals surface area contributed by atoms with Gasteiger partial charge in [0.15, 0.2) is 5.78 Å². The average molecular weight is 391 g/mol. The fourth-order valence-electron chi connectivity index (χ4n) is 3.21. The molecule has 2 aromatic rings. The third-order valence-electron chi connectivity index (χ3n) is 4.53. The van der Waals surface area contributed by atoms with E-state index in [1.54, 1.807) is 43.4 Å². The number of Topliss-reactive ketones (excluding diaryl/α,β-unsaturated/α-hetero) is 1. The Hall–Kier alpha value is -2.41. The molecular weight excluding hydrogens is 364 g/mol. The molecule has 0 radical (unpaired) electrons. The van der Waals surface area contributed by atoms with E-state index in [2.05, 4.69) is 0 Å². The van der Waals surface area contributed by atoms with Crippen molar-refractivity contribution >= 4 is 29.0 Å². The van der Waals surface area contributed by atoms with Gasteiger partial charge in [-0.15, -0.1) is 11.3 Å². The predicted molar refractivity (Wildman–Crippen MR) is 106 cm³/mol. The van der Waals surface area contributed by atoms with Crippen molar-refractivity contribution in [2.75, 3.05) is 19.7 Å². The molecule has 1 amide bonds. The summed E-state index contributed by atoms with van der Waals surface area (Å²) in [5.74, 6) is -0.758. The first-order valence-corrected chi connectivity index (χ1v) is 9.90. The second kappa shape index (κ2) is 8.99. The van der Waals surface area contributed by atoms with Gasteiger partial charge in [0, 0.05) is 24.8 Å². The van der Waals surface area contributed by atoms with Gasteiger partial charge < -0.3 is 14.2 Å². The normalized spacial score (nSPS) is 10.7. The van der Waals surface area contributed by atoms with Crippen LogP contribution in [0.1, 0.15) is 62.0 Å². The number of carbonyl (C=O) groups is 3. The molecule has 0 spiro atoms. The smallest absolute Gasteiger partial charge is 0.355 e. The summed E-state index contributed by atoms with van der Waals surface area (Å²) in [5, 5.41) is 1.84. The summed E-state index contributed by atoms with van der Waals surface area (Å²) in [6.45, 7) is 8.01. The molecule has 2 rings (SSSR count). The third kappa shape index (κ3) is 4.30. The number of thiophene rings is 1. The van der Waals surface area contributed by atoms with Gasteiger partial charge in [-0.25, -0.2) is 4.79 Å². The van der Waals surface area contributed by atoms with Crippen molar-refractivity contribution < 1.29 is 19.1 Å². The SMILES string of the molecule is CCCN(CC(=O)c1c(C)c(C(=O)OCC)n(C)c1C)C(=O)c1cccs1. The van der Waals surface area contributed by atoms with E-state index < -0.39 is 5.97 Å². The number of carbonyl (C=O) groups excluding carboxylic acids is 3. The van der Waals surface area contributed by atoms with Gasteiger partial charge >= 0.3 is 5.97 Å². The molecular formula is C20H26N2O4S. The molecule has 0 aliphatic carbocycles. The van der Waals surface area contributed by atoms with Gasteiger partial charge in [0.1, 0.15) is 5.69 Å². The first-order chi connectivity index (χ1) is 12.8. The van der Waals surface area contributed by atoms with Crippen LogP contribution in [0.4, 0.5) is 0 Å². The van der Waals surface area contributed by atoms with Crippen LogP contribution >= 0.6 is 11.3 Å². The highest BCUT2D eigenvalue weighted by atomic mass is 32.1. The fraction of sp³-hybridized carbons (Fsp3) is 0.450. The second-order valence-corrected chi connectivity index (χ2v) is 7.29. The van der Waals surface area contributed by atoms with Gasteiger partial charge in [-0.05, 0) is 44.2 Å². The van der Waals surface area contributed by atoms with E-state index in [0.29, 0.717) is 33.9 Å². The lowest BCUT2D eigenvalue weighted by atomic mass is 10.0. The molecule has 0 saturated carbocycles. The number of esters is 1. The Balaban J connectivity index is 2.32. The van der Waals surface area contributed by atoms with E-state index in [-0.39, 0.29) is 24.8 Å². The number of ketones is 1. The van der Waals surface area contributed by atoms with E-state index >= 15 is 0 Å². The van der Waals surface area contributed by atoms with Gasteiger partial charge in [0.05, 0.1) is 18.0 Å². The maximum absolute atomic E-state index is 13.0. The zero-order valence-corrected chi connectivity index (χ0v) is 17.3. The minimum absolute atomic E-state index is 0.0153.